The summed E-state index contributed by atoms with van der Waals surface area (Å²) in [5.41, 5.74) is 0.473. The maximum absolute atomic E-state index is 12.7. The Morgan fingerprint density at radius 1 is 0.950 bits per heavy atom. The number of aromatic hydroxyl groups is 3. The second kappa shape index (κ2) is 5.44. The van der Waals surface area contributed by atoms with E-state index in [0.717, 1.165) is 6.07 Å². The van der Waals surface area contributed by atoms with Gasteiger partial charge in [0, 0.05) is 0 Å². The van der Waals surface area contributed by atoms with E-state index in [1.54, 1.807) is 0 Å². The van der Waals surface area contributed by atoms with E-state index in [-0.39, 0.29) is 11.4 Å². The second-order valence-electron chi connectivity index (χ2n) is 4.08. The van der Waals surface area contributed by atoms with Crippen molar-refractivity contribution in [1.82, 2.24) is 0 Å². The van der Waals surface area contributed by atoms with Crippen molar-refractivity contribution in [2.75, 3.05) is 0 Å². The Bertz CT molecular complexity index is 675. The molecule has 3 N–H and O–H groups in total. The standard InChI is InChI=1S/C15H11FO4/c16-10-4-1-9(2-5-10)3-7-12(17)11-6-8-13(18)15(20)14(11)19/h1-8,18-20H. The molecule has 0 radical (unpaired) electrons. The van der Waals surface area contributed by atoms with Crippen LogP contribution in [0.3, 0.4) is 0 Å². The minimum atomic E-state index is -0.744. The number of benzene rings is 2. The van der Waals surface area contributed by atoms with Crippen molar-refractivity contribution in [3.8, 4) is 17.2 Å². The molecule has 2 aromatic rings. The predicted molar refractivity (Wildman–Crippen MR) is 71.2 cm³/mol. The van der Waals surface area contributed by atoms with E-state index < -0.39 is 23.0 Å². The number of rotatable bonds is 3. The van der Waals surface area contributed by atoms with Gasteiger partial charge in [0.25, 0.3) is 0 Å². The van der Waals surface area contributed by atoms with E-state index >= 15 is 0 Å². The van der Waals surface area contributed by atoms with Crippen molar-refractivity contribution >= 4 is 11.9 Å². The van der Waals surface area contributed by atoms with Crippen molar-refractivity contribution in [3.05, 3.63) is 59.4 Å². The first-order chi connectivity index (χ1) is 9.49. The molecule has 102 valence electrons. The maximum atomic E-state index is 12.7. The van der Waals surface area contributed by atoms with Crippen LogP contribution in [0.25, 0.3) is 6.08 Å². The van der Waals surface area contributed by atoms with Crippen LogP contribution >= 0.6 is 0 Å². The molecule has 0 spiro atoms. The van der Waals surface area contributed by atoms with Gasteiger partial charge in [0.2, 0.25) is 5.75 Å². The molecule has 0 fully saturated rings. The monoisotopic (exact) mass is 274 g/mol. The van der Waals surface area contributed by atoms with Crippen molar-refractivity contribution in [3.63, 3.8) is 0 Å². The average Bonchev–Trinajstić information content (AvgIpc) is 2.44. The van der Waals surface area contributed by atoms with E-state index in [9.17, 15) is 19.4 Å². The fraction of sp³-hybridized carbons (Fsp3) is 0. The van der Waals surface area contributed by atoms with Crippen molar-refractivity contribution in [1.29, 1.82) is 0 Å². The quantitative estimate of drug-likeness (QED) is 0.457. The molecule has 0 heterocycles. The lowest BCUT2D eigenvalue weighted by atomic mass is 10.1. The third-order valence-electron chi connectivity index (χ3n) is 2.69. The number of allylic oxidation sites excluding steroid dienone is 1. The third-order valence-corrected chi connectivity index (χ3v) is 2.69. The normalized spacial score (nSPS) is 10.8. The van der Waals surface area contributed by atoms with Crippen LogP contribution < -0.4 is 0 Å². The molecule has 0 aliphatic rings. The summed E-state index contributed by atoms with van der Waals surface area (Å²) in [5, 5.41) is 28.1. The molecule has 0 saturated heterocycles. The Morgan fingerprint density at radius 2 is 1.60 bits per heavy atom. The Kier molecular flexibility index (Phi) is 3.70. The SMILES string of the molecule is O=C(C=Cc1ccc(F)cc1)c1ccc(O)c(O)c1O. The summed E-state index contributed by atoms with van der Waals surface area (Å²) in [4.78, 5) is 11.9. The summed E-state index contributed by atoms with van der Waals surface area (Å²) in [7, 11) is 0. The lowest BCUT2D eigenvalue weighted by molar-refractivity contribution is 0.104. The first kappa shape index (κ1) is 13.6. The molecular formula is C15H11FO4. The van der Waals surface area contributed by atoms with E-state index in [1.165, 1.54) is 42.5 Å². The number of hydrogen-bond acceptors (Lipinski definition) is 4. The third kappa shape index (κ3) is 2.77. The van der Waals surface area contributed by atoms with Crippen molar-refractivity contribution < 1.29 is 24.5 Å². The highest BCUT2D eigenvalue weighted by atomic mass is 19.1. The zero-order valence-corrected chi connectivity index (χ0v) is 10.2. The van der Waals surface area contributed by atoms with Gasteiger partial charge in [-0.15, -0.1) is 0 Å². The van der Waals surface area contributed by atoms with Crippen LogP contribution in [0.5, 0.6) is 17.2 Å². The molecule has 4 nitrogen and oxygen atoms in total. The minimum absolute atomic E-state index is 0.140. The average molecular weight is 274 g/mol. The molecule has 2 aromatic carbocycles. The van der Waals surface area contributed by atoms with Gasteiger partial charge in [-0.25, -0.2) is 4.39 Å². The Hall–Kier alpha value is -2.82. The molecule has 0 saturated carbocycles. The van der Waals surface area contributed by atoms with E-state index in [4.69, 9.17) is 5.11 Å². The summed E-state index contributed by atoms with van der Waals surface area (Å²) in [6.45, 7) is 0. The zero-order valence-electron chi connectivity index (χ0n) is 10.2. The summed E-state index contributed by atoms with van der Waals surface area (Å²) in [6.07, 6.45) is 2.63. The van der Waals surface area contributed by atoms with Gasteiger partial charge in [0.15, 0.2) is 17.3 Å². The highest BCUT2D eigenvalue weighted by Gasteiger charge is 2.15. The smallest absolute Gasteiger partial charge is 0.201 e. The zero-order chi connectivity index (χ0) is 14.7. The van der Waals surface area contributed by atoms with Crippen molar-refractivity contribution in [2.24, 2.45) is 0 Å². The fourth-order valence-corrected chi connectivity index (χ4v) is 1.60. The molecule has 0 bridgehead atoms. The van der Waals surface area contributed by atoms with Crippen LogP contribution in [0.4, 0.5) is 4.39 Å². The summed E-state index contributed by atoms with van der Waals surface area (Å²) >= 11 is 0. The van der Waals surface area contributed by atoms with E-state index in [0.29, 0.717) is 5.56 Å². The number of halogens is 1. The Labute approximate surface area is 114 Å². The number of phenolic OH excluding ortho intramolecular Hbond substituents is 3. The number of ketones is 1. The molecule has 0 unspecified atom stereocenters. The van der Waals surface area contributed by atoms with Gasteiger partial charge in [-0.05, 0) is 35.9 Å². The number of hydrogen-bond donors (Lipinski definition) is 3. The predicted octanol–water partition coefficient (Wildman–Crippen LogP) is 2.84. The van der Waals surface area contributed by atoms with Gasteiger partial charge in [-0.3, -0.25) is 4.79 Å². The lowest BCUT2D eigenvalue weighted by Crippen LogP contribution is -1.95. The lowest BCUT2D eigenvalue weighted by Gasteiger charge is -2.04. The van der Waals surface area contributed by atoms with Crippen LogP contribution in [-0.2, 0) is 0 Å². The van der Waals surface area contributed by atoms with Gasteiger partial charge in [-0.2, -0.15) is 0 Å². The van der Waals surface area contributed by atoms with Gasteiger partial charge in [-0.1, -0.05) is 18.2 Å². The van der Waals surface area contributed by atoms with Gasteiger partial charge in [0.05, 0.1) is 5.56 Å². The van der Waals surface area contributed by atoms with Crippen LogP contribution in [0.1, 0.15) is 15.9 Å². The number of phenols is 3. The molecule has 2 rings (SSSR count). The number of carbonyl (C=O) groups is 1. The highest BCUT2D eigenvalue weighted by molar-refractivity contribution is 6.09. The van der Waals surface area contributed by atoms with Crippen LogP contribution in [0.15, 0.2) is 42.5 Å². The first-order valence-electron chi connectivity index (χ1n) is 5.71. The molecular weight excluding hydrogens is 263 g/mol. The molecule has 5 heteroatoms. The first-order valence-corrected chi connectivity index (χ1v) is 5.71. The fourth-order valence-electron chi connectivity index (χ4n) is 1.60. The minimum Gasteiger partial charge on any atom is -0.504 e. The van der Waals surface area contributed by atoms with Gasteiger partial charge >= 0.3 is 0 Å². The summed E-state index contributed by atoms with van der Waals surface area (Å²) in [5.74, 6) is -2.87. The Morgan fingerprint density at radius 3 is 2.25 bits per heavy atom. The largest absolute Gasteiger partial charge is 0.504 e. The molecule has 0 aliphatic carbocycles. The van der Waals surface area contributed by atoms with E-state index in [1.807, 2.05) is 0 Å². The molecule has 0 aromatic heterocycles. The van der Waals surface area contributed by atoms with Crippen LogP contribution in [0.2, 0.25) is 0 Å². The van der Waals surface area contributed by atoms with Crippen LogP contribution in [-0.4, -0.2) is 21.1 Å². The molecule has 0 atom stereocenters. The van der Waals surface area contributed by atoms with Crippen LogP contribution in [0, 0.1) is 5.82 Å². The second-order valence-corrected chi connectivity index (χ2v) is 4.08. The summed E-state index contributed by atoms with van der Waals surface area (Å²) in [6, 6.07) is 7.80. The molecule has 0 aliphatic heterocycles. The van der Waals surface area contributed by atoms with Crippen molar-refractivity contribution in [2.45, 2.75) is 0 Å². The Balaban J connectivity index is 2.24. The van der Waals surface area contributed by atoms with E-state index in [2.05, 4.69) is 0 Å². The number of carbonyl (C=O) groups excluding carboxylic acids is 1. The van der Waals surface area contributed by atoms with Gasteiger partial charge < -0.3 is 15.3 Å². The topological polar surface area (TPSA) is 77.8 Å². The van der Waals surface area contributed by atoms with Gasteiger partial charge in [0.1, 0.15) is 5.82 Å². The maximum Gasteiger partial charge on any atom is 0.201 e. The highest BCUT2D eigenvalue weighted by Crippen LogP contribution is 2.37. The molecule has 0 amide bonds. The summed E-state index contributed by atoms with van der Waals surface area (Å²) < 4.78 is 12.7. The molecule has 20 heavy (non-hydrogen) atoms.